The number of halogens is 1. The molecule has 0 radical (unpaired) electrons. The Morgan fingerprint density at radius 3 is 2.61 bits per heavy atom. The quantitative estimate of drug-likeness (QED) is 0.818. The number of rotatable bonds is 6. The molecule has 1 aromatic carbocycles. The molecule has 0 saturated heterocycles. The van der Waals surface area contributed by atoms with E-state index in [1.54, 1.807) is 6.07 Å². The number of nitrogens with one attached hydrogen (secondary N) is 1. The lowest BCUT2D eigenvalue weighted by molar-refractivity contribution is -0.122. The summed E-state index contributed by atoms with van der Waals surface area (Å²) < 4.78 is 18.6. The Labute approximate surface area is 138 Å². The molecular weight excluding hydrogens is 295 g/mol. The topological polar surface area (TPSA) is 41.6 Å². The van der Waals surface area contributed by atoms with Gasteiger partial charge in [-0.05, 0) is 37.6 Å². The Kier molecular flexibility index (Phi) is 6.84. The summed E-state index contributed by atoms with van der Waals surface area (Å²) in [5.41, 5.74) is 0.827. The number of methoxy groups -OCH3 is 1. The summed E-state index contributed by atoms with van der Waals surface area (Å²) >= 11 is 0. The zero-order valence-corrected chi connectivity index (χ0v) is 14.1. The van der Waals surface area contributed by atoms with Gasteiger partial charge in [-0.3, -0.25) is 9.69 Å². The average Bonchev–Trinajstić information content (AvgIpc) is 2.75. The molecule has 1 saturated carbocycles. The Balaban J connectivity index is 1.80. The monoisotopic (exact) mass is 322 g/mol. The smallest absolute Gasteiger partial charge is 0.234 e. The maximum Gasteiger partial charge on any atom is 0.234 e. The second-order valence-electron chi connectivity index (χ2n) is 6.40. The normalized spacial score (nSPS) is 16.2. The molecule has 1 aromatic rings. The number of hydrogen-bond donors (Lipinski definition) is 1. The molecule has 23 heavy (non-hydrogen) atoms. The van der Waals surface area contributed by atoms with E-state index in [1.807, 2.05) is 18.0 Å². The molecule has 0 atom stereocenters. The lowest BCUT2D eigenvalue weighted by Gasteiger charge is -2.20. The Morgan fingerprint density at radius 1 is 1.30 bits per heavy atom. The van der Waals surface area contributed by atoms with E-state index in [4.69, 9.17) is 4.74 Å². The predicted molar refractivity (Wildman–Crippen MR) is 88.9 cm³/mol. The number of amides is 1. The summed E-state index contributed by atoms with van der Waals surface area (Å²) in [7, 11) is 3.32. The zero-order valence-electron chi connectivity index (χ0n) is 14.1. The highest BCUT2D eigenvalue weighted by Gasteiger charge is 2.16. The molecule has 1 N–H and O–H groups in total. The van der Waals surface area contributed by atoms with Crippen molar-refractivity contribution in [1.29, 1.82) is 0 Å². The van der Waals surface area contributed by atoms with E-state index in [1.165, 1.54) is 38.9 Å². The van der Waals surface area contributed by atoms with Crippen molar-refractivity contribution in [2.24, 2.45) is 0 Å². The van der Waals surface area contributed by atoms with Gasteiger partial charge < -0.3 is 10.1 Å². The van der Waals surface area contributed by atoms with Gasteiger partial charge >= 0.3 is 0 Å². The highest BCUT2D eigenvalue weighted by atomic mass is 19.1. The van der Waals surface area contributed by atoms with Crippen molar-refractivity contribution in [3.05, 3.63) is 29.6 Å². The summed E-state index contributed by atoms with van der Waals surface area (Å²) in [6, 6.07) is 5.21. The fourth-order valence-corrected chi connectivity index (χ4v) is 3.12. The molecule has 128 valence electrons. The maximum atomic E-state index is 13.7. The minimum atomic E-state index is -0.374. The van der Waals surface area contributed by atoms with Gasteiger partial charge in [-0.1, -0.05) is 31.7 Å². The van der Waals surface area contributed by atoms with E-state index in [9.17, 15) is 9.18 Å². The van der Waals surface area contributed by atoms with Crippen LogP contribution in [0.25, 0.3) is 0 Å². The van der Waals surface area contributed by atoms with Gasteiger partial charge in [0.2, 0.25) is 5.91 Å². The molecule has 1 aliphatic rings. The van der Waals surface area contributed by atoms with Crippen LogP contribution in [0, 0.1) is 5.82 Å². The van der Waals surface area contributed by atoms with Gasteiger partial charge in [0, 0.05) is 12.6 Å². The Morgan fingerprint density at radius 2 is 2.00 bits per heavy atom. The number of benzene rings is 1. The third-order valence-electron chi connectivity index (χ3n) is 4.30. The molecule has 1 fully saturated rings. The van der Waals surface area contributed by atoms with Crippen molar-refractivity contribution in [3.8, 4) is 5.75 Å². The van der Waals surface area contributed by atoms with Crippen LogP contribution in [0.15, 0.2) is 18.2 Å². The molecule has 0 spiro atoms. The van der Waals surface area contributed by atoms with Gasteiger partial charge in [-0.2, -0.15) is 0 Å². The van der Waals surface area contributed by atoms with Crippen LogP contribution >= 0.6 is 0 Å². The fourth-order valence-electron chi connectivity index (χ4n) is 3.12. The van der Waals surface area contributed by atoms with Crippen molar-refractivity contribution in [2.75, 3.05) is 20.7 Å². The number of carbonyl (C=O) groups excluding carboxylic acids is 1. The maximum absolute atomic E-state index is 13.7. The fraction of sp³-hybridized carbons (Fsp3) is 0.611. The number of ether oxygens (including phenoxy) is 1. The Hall–Kier alpha value is -1.62. The number of likely N-dealkylation sites (N-methyl/N-ethyl adjacent to an activating group) is 1. The number of nitrogens with zero attached hydrogens (tertiary/aromatic N) is 1. The van der Waals surface area contributed by atoms with Gasteiger partial charge in [0.15, 0.2) is 11.6 Å². The molecule has 1 amide bonds. The standard InChI is InChI=1S/C18H27FN2O2/c1-21(12-14-9-10-17(23-2)16(19)11-14)13-18(22)20-15-7-5-3-4-6-8-15/h9-11,15H,3-8,12-13H2,1-2H3,(H,20,22). The van der Waals surface area contributed by atoms with Crippen molar-refractivity contribution in [3.63, 3.8) is 0 Å². The summed E-state index contributed by atoms with van der Waals surface area (Å²) in [4.78, 5) is 14.0. The SMILES string of the molecule is COc1ccc(CN(C)CC(=O)NC2CCCCCC2)cc1F. The highest BCUT2D eigenvalue weighted by Crippen LogP contribution is 2.19. The van der Waals surface area contributed by atoms with Gasteiger partial charge in [0.05, 0.1) is 13.7 Å². The summed E-state index contributed by atoms with van der Waals surface area (Å²) in [6.45, 7) is 0.850. The van der Waals surface area contributed by atoms with E-state index in [0.717, 1.165) is 18.4 Å². The molecule has 5 heteroatoms. The summed E-state index contributed by atoms with van der Waals surface area (Å²) in [5.74, 6) is -0.0859. The minimum absolute atomic E-state index is 0.0494. The van der Waals surface area contributed by atoms with E-state index >= 15 is 0 Å². The third kappa shape index (κ3) is 5.82. The molecule has 0 bridgehead atoms. The average molecular weight is 322 g/mol. The van der Waals surface area contributed by atoms with Crippen LogP contribution in [-0.4, -0.2) is 37.6 Å². The van der Waals surface area contributed by atoms with Crippen molar-refractivity contribution >= 4 is 5.91 Å². The third-order valence-corrected chi connectivity index (χ3v) is 4.30. The molecule has 0 heterocycles. The lowest BCUT2D eigenvalue weighted by Crippen LogP contribution is -2.40. The summed E-state index contributed by atoms with van der Waals surface area (Å²) in [6.07, 6.45) is 7.11. The number of carbonyl (C=O) groups is 1. The molecule has 4 nitrogen and oxygen atoms in total. The molecule has 0 unspecified atom stereocenters. The second-order valence-corrected chi connectivity index (χ2v) is 6.40. The van der Waals surface area contributed by atoms with Gasteiger partial charge in [0.1, 0.15) is 0 Å². The molecule has 1 aliphatic carbocycles. The lowest BCUT2D eigenvalue weighted by atomic mass is 10.1. The minimum Gasteiger partial charge on any atom is -0.494 e. The first-order valence-electron chi connectivity index (χ1n) is 8.39. The van der Waals surface area contributed by atoms with E-state index in [2.05, 4.69) is 5.32 Å². The first-order chi connectivity index (χ1) is 11.1. The van der Waals surface area contributed by atoms with Crippen LogP contribution in [-0.2, 0) is 11.3 Å². The van der Waals surface area contributed by atoms with Crippen LogP contribution < -0.4 is 10.1 Å². The van der Waals surface area contributed by atoms with E-state index < -0.39 is 0 Å². The van der Waals surface area contributed by atoms with Crippen molar-refractivity contribution in [1.82, 2.24) is 10.2 Å². The molecule has 2 rings (SSSR count). The zero-order chi connectivity index (χ0) is 16.7. The highest BCUT2D eigenvalue weighted by molar-refractivity contribution is 5.78. The van der Waals surface area contributed by atoms with Crippen molar-refractivity contribution in [2.45, 2.75) is 51.1 Å². The van der Waals surface area contributed by atoms with E-state index in [-0.39, 0.29) is 17.5 Å². The summed E-state index contributed by atoms with van der Waals surface area (Å²) in [5, 5.41) is 3.13. The second kappa shape index (κ2) is 8.87. The molecule has 0 aromatic heterocycles. The number of hydrogen-bond acceptors (Lipinski definition) is 3. The van der Waals surface area contributed by atoms with Crippen LogP contribution in [0.5, 0.6) is 5.75 Å². The van der Waals surface area contributed by atoms with Crippen LogP contribution in [0.2, 0.25) is 0 Å². The van der Waals surface area contributed by atoms with Gasteiger partial charge in [0.25, 0.3) is 0 Å². The van der Waals surface area contributed by atoms with Crippen LogP contribution in [0.1, 0.15) is 44.1 Å². The largest absolute Gasteiger partial charge is 0.494 e. The van der Waals surface area contributed by atoms with Crippen LogP contribution in [0.3, 0.4) is 0 Å². The van der Waals surface area contributed by atoms with E-state index in [0.29, 0.717) is 19.1 Å². The predicted octanol–water partition coefficient (Wildman–Crippen LogP) is 3.11. The van der Waals surface area contributed by atoms with Crippen molar-refractivity contribution < 1.29 is 13.9 Å². The van der Waals surface area contributed by atoms with Crippen LogP contribution in [0.4, 0.5) is 4.39 Å². The molecule has 0 aliphatic heterocycles. The first-order valence-corrected chi connectivity index (χ1v) is 8.39. The van der Waals surface area contributed by atoms with Gasteiger partial charge in [-0.15, -0.1) is 0 Å². The Bertz CT molecular complexity index is 514. The van der Waals surface area contributed by atoms with Gasteiger partial charge in [-0.25, -0.2) is 4.39 Å². The molecular formula is C18H27FN2O2. The first kappa shape index (κ1) is 17.7.